The molecule has 1 aromatic rings. The van der Waals surface area contributed by atoms with Crippen molar-refractivity contribution in [1.29, 1.82) is 0 Å². The van der Waals surface area contributed by atoms with Crippen LogP contribution in [0.2, 0.25) is 0 Å². The van der Waals surface area contributed by atoms with Gasteiger partial charge in [-0.15, -0.1) is 12.4 Å². The lowest BCUT2D eigenvalue weighted by Crippen LogP contribution is -2.34. The first-order chi connectivity index (χ1) is 10.5. The van der Waals surface area contributed by atoms with E-state index in [2.05, 4.69) is 10.0 Å². The Bertz CT molecular complexity index is 597. The summed E-state index contributed by atoms with van der Waals surface area (Å²) in [4.78, 5) is 14.2. The number of hydrogen-bond acceptors (Lipinski definition) is 4. The molecule has 8 heteroatoms. The maximum Gasteiger partial charge on any atom is 0.253 e. The summed E-state index contributed by atoms with van der Waals surface area (Å²) in [6.07, 6.45) is 1.51. The number of carbonyl (C=O) groups is 1. The van der Waals surface area contributed by atoms with Crippen LogP contribution in [0, 0.1) is 0 Å². The van der Waals surface area contributed by atoms with E-state index in [1.807, 2.05) is 11.8 Å². The van der Waals surface area contributed by atoms with Gasteiger partial charge in [-0.25, -0.2) is 8.42 Å². The van der Waals surface area contributed by atoms with Crippen molar-refractivity contribution in [3.05, 3.63) is 29.8 Å². The van der Waals surface area contributed by atoms with Gasteiger partial charge in [0, 0.05) is 30.9 Å². The lowest BCUT2D eigenvalue weighted by atomic mass is 10.2. The molecule has 0 bridgehead atoms. The Kier molecular flexibility index (Phi) is 7.81. The molecule has 1 aromatic carbocycles. The van der Waals surface area contributed by atoms with E-state index in [4.69, 9.17) is 0 Å². The minimum atomic E-state index is -3.30. The minimum absolute atomic E-state index is 0. The van der Waals surface area contributed by atoms with Crippen LogP contribution in [0.5, 0.6) is 0 Å². The van der Waals surface area contributed by atoms with Gasteiger partial charge in [0.1, 0.15) is 0 Å². The zero-order chi connectivity index (χ0) is 16.0. The second-order valence-corrected chi connectivity index (χ2v) is 7.24. The van der Waals surface area contributed by atoms with Gasteiger partial charge in [0.2, 0.25) is 10.0 Å². The third kappa shape index (κ3) is 6.01. The molecular formula is C15H24ClN3O3S. The topological polar surface area (TPSA) is 78.5 Å². The van der Waals surface area contributed by atoms with Gasteiger partial charge in [-0.2, -0.15) is 0 Å². The van der Waals surface area contributed by atoms with Crippen LogP contribution < -0.4 is 10.0 Å². The number of nitrogens with zero attached hydrogens (tertiary/aromatic N) is 1. The first-order valence-electron chi connectivity index (χ1n) is 7.62. The van der Waals surface area contributed by atoms with E-state index in [0.717, 1.165) is 26.1 Å². The molecular weight excluding hydrogens is 338 g/mol. The Morgan fingerprint density at radius 3 is 2.57 bits per heavy atom. The van der Waals surface area contributed by atoms with E-state index in [-0.39, 0.29) is 24.1 Å². The van der Waals surface area contributed by atoms with Crippen LogP contribution in [0.15, 0.2) is 24.3 Å². The predicted octanol–water partition coefficient (Wildman–Crippen LogP) is 1.70. The second-order valence-electron chi connectivity index (χ2n) is 5.39. The van der Waals surface area contributed by atoms with Crippen molar-refractivity contribution >= 4 is 34.0 Å². The maximum absolute atomic E-state index is 12.4. The summed E-state index contributed by atoms with van der Waals surface area (Å²) in [5, 5.41) is 3.26. The van der Waals surface area contributed by atoms with Gasteiger partial charge in [-0.05, 0) is 43.7 Å². The van der Waals surface area contributed by atoms with Crippen molar-refractivity contribution in [3.8, 4) is 0 Å². The number of hydrogen-bond donors (Lipinski definition) is 2. The minimum Gasteiger partial charge on any atom is -0.337 e. The normalized spacial score (nSPS) is 15.4. The first-order valence-corrected chi connectivity index (χ1v) is 9.27. The van der Waals surface area contributed by atoms with Crippen LogP contribution in [0.25, 0.3) is 0 Å². The molecule has 1 aliphatic rings. The van der Waals surface area contributed by atoms with Gasteiger partial charge in [0.15, 0.2) is 0 Å². The fraction of sp³-hybridized carbons (Fsp3) is 0.533. The number of anilines is 1. The number of nitrogens with one attached hydrogen (secondary N) is 2. The van der Waals surface area contributed by atoms with Crippen molar-refractivity contribution in [2.75, 3.05) is 36.7 Å². The Morgan fingerprint density at radius 1 is 1.22 bits per heavy atom. The Labute approximate surface area is 144 Å². The Morgan fingerprint density at radius 2 is 1.91 bits per heavy atom. The Balaban J connectivity index is 0.00000264. The van der Waals surface area contributed by atoms with Crippen LogP contribution in [0.1, 0.15) is 30.1 Å². The standard InChI is InChI=1S/C15H23N3O3S.ClH/c1-2-12-22(20,21)17-14-6-4-13(5-7-14)15(19)18-10-3-8-16-9-11-18;/h4-7,16-17H,2-3,8-12H2,1H3;1H. The van der Waals surface area contributed by atoms with Crippen molar-refractivity contribution in [2.24, 2.45) is 0 Å². The molecule has 130 valence electrons. The molecule has 0 radical (unpaired) electrons. The lowest BCUT2D eigenvalue weighted by Gasteiger charge is -2.20. The number of halogens is 1. The van der Waals surface area contributed by atoms with E-state index in [9.17, 15) is 13.2 Å². The molecule has 0 spiro atoms. The molecule has 1 saturated heterocycles. The molecule has 0 aromatic heterocycles. The summed E-state index contributed by atoms with van der Waals surface area (Å²) >= 11 is 0. The third-order valence-corrected chi connectivity index (χ3v) is 5.00. The van der Waals surface area contributed by atoms with Crippen molar-refractivity contribution in [3.63, 3.8) is 0 Å². The molecule has 6 nitrogen and oxygen atoms in total. The molecule has 1 fully saturated rings. The summed E-state index contributed by atoms with van der Waals surface area (Å²) in [6, 6.07) is 6.61. The third-order valence-electron chi connectivity index (χ3n) is 3.51. The lowest BCUT2D eigenvalue weighted by molar-refractivity contribution is 0.0766. The predicted molar refractivity (Wildman–Crippen MR) is 94.8 cm³/mol. The van der Waals surface area contributed by atoms with Crippen molar-refractivity contribution in [1.82, 2.24) is 10.2 Å². The molecule has 1 aliphatic heterocycles. The molecule has 1 heterocycles. The molecule has 2 N–H and O–H groups in total. The number of benzene rings is 1. The molecule has 0 aliphatic carbocycles. The van der Waals surface area contributed by atoms with Gasteiger partial charge < -0.3 is 10.2 Å². The highest BCUT2D eigenvalue weighted by Crippen LogP contribution is 2.14. The summed E-state index contributed by atoms with van der Waals surface area (Å²) < 4.78 is 25.9. The number of rotatable bonds is 5. The van der Waals surface area contributed by atoms with E-state index >= 15 is 0 Å². The second kappa shape index (κ2) is 9.10. The number of sulfonamides is 1. The first kappa shape index (κ1) is 19.7. The summed E-state index contributed by atoms with van der Waals surface area (Å²) in [5.74, 6) is 0.0840. The fourth-order valence-electron chi connectivity index (χ4n) is 2.41. The van der Waals surface area contributed by atoms with Gasteiger partial charge in [-0.1, -0.05) is 6.92 Å². The quantitative estimate of drug-likeness (QED) is 0.836. The smallest absolute Gasteiger partial charge is 0.253 e. The SMILES string of the molecule is CCCS(=O)(=O)Nc1ccc(C(=O)N2CCCNCC2)cc1.Cl. The molecule has 0 atom stereocenters. The zero-order valence-corrected chi connectivity index (χ0v) is 14.9. The molecule has 1 amide bonds. The average Bonchev–Trinajstić information content (AvgIpc) is 2.76. The van der Waals surface area contributed by atoms with Gasteiger partial charge in [-0.3, -0.25) is 9.52 Å². The average molecular weight is 362 g/mol. The van der Waals surface area contributed by atoms with Crippen molar-refractivity contribution in [2.45, 2.75) is 19.8 Å². The van der Waals surface area contributed by atoms with Crippen LogP contribution in [-0.4, -0.2) is 51.2 Å². The fourth-order valence-corrected chi connectivity index (χ4v) is 3.55. The largest absolute Gasteiger partial charge is 0.337 e. The van der Waals surface area contributed by atoms with Gasteiger partial charge in [0.25, 0.3) is 5.91 Å². The van der Waals surface area contributed by atoms with E-state index in [0.29, 0.717) is 24.2 Å². The highest BCUT2D eigenvalue weighted by atomic mass is 35.5. The van der Waals surface area contributed by atoms with E-state index in [1.165, 1.54) is 0 Å². The monoisotopic (exact) mass is 361 g/mol. The van der Waals surface area contributed by atoms with Gasteiger partial charge in [0.05, 0.1) is 5.75 Å². The van der Waals surface area contributed by atoms with E-state index < -0.39 is 10.0 Å². The van der Waals surface area contributed by atoms with Crippen LogP contribution in [0.3, 0.4) is 0 Å². The highest BCUT2D eigenvalue weighted by Gasteiger charge is 2.17. The Hall–Kier alpha value is -1.31. The van der Waals surface area contributed by atoms with Crippen LogP contribution in [0.4, 0.5) is 5.69 Å². The van der Waals surface area contributed by atoms with Crippen molar-refractivity contribution < 1.29 is 13.2 Å². The zero-order valence-electron chi connectivity index (χ0n) is 13.2. The maximum atomic E-state index is 12.4. The molecule has 0 saturated carbocycles. The van der Waals surface area contributed by atoms with Crippen LogP contribution in [-0.2, 0) is 10.0 Å². The molecule has 23 heavy (non-hydrogen) atoms. The highest BCUT2D eigenvalue weighted by molar-refractivity contribution is 7.92. The summed E-state index contributed by atoms with van der Waals surface area (Å²) in [6.45, 7) is 5.00. The van der Waals surface area contributed by atoms with Crippen LogP contribution >= 0.6 is 12.4 Å². The summed E-state index contributed by atoms with van der Waals surface area (Å²) in [5.41, 5.74) is 1.07. The number of amides is 1. The summed E-state index contributed by atoms with van der Waals surface area (Å²) in [7, 11) is -3.30. The van der Waals surface area contributed by atoms with Gasteiger partial charge >= 0.3 is 0 Å². The molecule has 2 rings (SSSR count). The van der Waals surface area contributed by atoms with E-state index in [1.54, 1.807) is 24.3 Å². The number of carbonyl (C=O) groups excluding carboxylic acids is 1. The molecule has 0 unspecified atom stereocenters.